The molecule has 0 spiro atoms. The lowest BCUT2D eigenvalue weighted by molar-refractivity contribution is -0.122. The summed E-state index contributed by atoms with van der Waals surface area (Å²) in [6, 6.07) is 12.9. The molecule has 246 valence electrons. The van der Waals surface area contributed by atoms with E-state index in [0.29, 0.717) is 53.7 Å². The van der Waals surface area contributed by atoms with E-state index in [4.69, 9.17) is 26.4 Å². The lowest BCUT2D eigenvalue weighted by atomic mass is 10.0. The van der Waals surface area contributed by atoms with Crippen molar-refractivity contribution in [1.82, 2.24) is 9.80 Å². The van der Waals surface area contributed by atoms with Crippen molar-refractivity contribution in [3.63, 3.8) is 0 Å². The fourth-order valence-electron chi connectivity index (χ4n) is 4.95. The van der Waals surface area contributed by atoms with E-state index < -0.39 is 29.4 Å². The van der Waals surface area contributed by atoms with Gasteiger partial charge in [0.05, 0.1) is 36.5 Å². The Morgan fingerprint density at radius 3 is 2.49 bits per heavy atom. The molecule has 2 aliphatic rings. The third-order valence-corrected chi connectivity index (χ3v) is 8.85. The number of methoxy groups -OCH3 is 1. The summed E-state index contributed by atoms with van der Waals surface area (Å²) < 4.78 is 44.6. The topological polar surface area (TPSA) is 118 Å². The molecule has 2 N–H and O–H groups in total. The standard InChI is InChI=1S/C33H31F2N3O7S2/c1-43-28-18-22(32(41)42)3-6-26(28)36-30(39)8-9-38-31(40)29(47-33(38)46)19-23-16-20(21-2-5-24(34)25(35)17-21)4-7-27(23)45-15-12-37-10-13-44-14-11-37/h2-7,16-19H,8-15H2,1H3,(H,36,39)(H,41,42). The van der Waals surface area contributed by atoms with E-state index in [0.717, 1.165) is 37.0 Å². The van der Waals surface area contributed by atoms with Gasteiger partial charge in [-0.15, -0.1) is 0 Å². The highest BCUT2D eigenvalue weighted by atomic mass is 32.2. The molecular formula is C33H31F2N3O7S2. The number of nitrogens with zero attached hydrogens (tertiary/aromatic N) is 2. The number of hydrogen-bond donors (Lipinski definition) is 2. The van der Waals surface area contributed by atoms with Gasteiger partial charge in [-0.2, -0.15) is 0 Å². The number of anilines is 1. The number of carboxylic acid groups (broad SMARTS) is 1. The summed E-state index contributed by atoms with van der Waals surface area (Å²) in [4.78, 5) is 41.3. The minimum absolute atomic E-state index is 0.00116. The van der Waals surface area contributed by atoms with Crippen LogP contribution in [-0.4, -0.2) is 90.1 Å². The molecule has 2 aliphatic heterocycles. The second kappa shape index (κ2) is 15.5. The average molecular weight is 684 g/mol. The number of nitrogens with one attached hydrogen (secondary N) is 1. The number of halogens is 2. The van der Waals surface area contributed by atoms with Crippen LogP contribution in [0.4, 0.5) is 14.5 Å². The van der Waals surface area contributed by atoms with Crippen LogP contribution in [0.3, 0.4) is 0 Å². The maximum atomic E-state index is 14.0. The Labute approximate surface area is 279 Å². The Hall–Kier alpha value is -4.37. The number of benzene rings is 3. The summed E-state index contributed by atoms with van der Waals surface area (Å²) in [6.07, 6.45) is 1.55. The molecule has 0 unspecified atom stereocenters. The summed E-state index contributed by atoms with van der Waals surface area (Å²) in [5.74, 6) is -3.21. The average Bonchev–Trinajstić information content (AvgIpc) is 3.33. The number of carbonyl (C=O) groups is 3. The van der Waals surface area contributed by atoms with Crippen LogP contribution in [0.25, 0.3) is 17.2 Å². The molecule has 0 aliphatic carbocycles. The van der Waals surface area contributed by atoms with Gasteiger partial charge in [0.2, 0.25) is 5.91 Å². The molecule has 2 saturated heterocycles. The molecule has 5 rings (SSSR count). The molecule has 3 aromatic carbocycles. The highest BCUT2D eigenvalue weighted by molar-refractivity contribution is 8.26. The Bertz CT molecular complexity index is 1730. The van der Waals surface area contributed by atoms with E-state index in [1.807, 2.05) is 0 Å². The number of thiocarbonyl (C=S) groups is 1. The van der Waals surface area contributed by atoms with Gasteiger partial charge < -0.3 is 24.6 Å². The van der Waals surface area contributed by atoms with Crippen LogP contribution in [0.2, 0.25) is 0 Å². The Morgan fingerprint density at radius 1 is 1.02 bits per heavy atom. The van der Waals surface area contributed by atoms with Crippen LogP contribution >= 0.6 is 24.0 Å². The van der Waals surface area contributed by atoms with Crippen molar-refractivity contribution in [2.24, 2.45) is 0 Å². The van der Waals surface area contributed by atoms with Crippen molar-refractivity contribution in [2.45, 2.75) is 6.42 Å². The maximum Gasteiger partial charge on any atom is 0.335 e. The number of amides is 2. The number of aromatic carboxylic acids is 1. The van der Waals surface area contributed by atoms with Gasteiger partial charge >= 0.3 is 5.97 Å². The molecule has 2 amide bonds. The molecule has 0 aromatic heterocycles. The van der Waals surface area contributed by atoms with Crippen molar-refractivity contribution >= 4 is 57.8 Å². The largest absolute Gasteiger partial charge is 0.495 e. The van der Waals surface area contributed by atoms with Gasteiger partial charge in [-0.3, -0.25) is 19.4 Å². The minimum Gasteiger partial charge on any atom is -0.495 e. The lowest BCUT2D eigenvalue weighted by Crippen LogP contribution is -2.38. The summed E-state index contributed by atoms with van der Waals surface area (Å²) >= 11 is 6.55. The molecule has 47 heavy (non-hydrogen) atoms. The predicted octanol–water partition coefficient (Wildman–Crippen LogP) is 5.28. The fourth-order valence-corrected chi connectivity index (χ4v) is 6.24. The summed E-state index contributed by atoms with van der Waals surface area (Å²) in [6.45, 7) is 3.98. The van der Waals surface area contributed by atoms with Crippen molar-refractivity contribution in [3.8, 4) is 22.6 Å². The molecule has 2 heterocycles. The number of thioether (sulfide) groups is 1. The van der Waals surface area contributed by atoms with Crippen LogP contribution < -0.4 is 14.8 Å². The van der Waals surface area contributed by atoms with Gasteiger partial charge in [0, 0.05) is 38.2 Å². The summed E-state index contributed by atoms with van der Waals surface area (Å²) in [7, 11) is 1.36. The van der Waals surface area contributed by atoms with Crippen LogP contribution in [0.1, 0.15) is 22.3 Å². The third kappa shape index (κ3) is 8.51. The van der Waals surface area contributed by atoms with E-state index in [9.17, 15) is 28.3 Å². The summed E-state index contributed by atoms with van der Waals surface area (Å²) in [5, 5.41) is 11.9. The fraction of sp³-hybridized carbons (Fsp3) is 0.273. The van der Waals surface area contributed by atoms with Gasteiger partial charge in [0.15, 0.2) is 11.6 Å². The number of rotatable bonds is 12. The number of carbonyl (C=O) groups excluding carboxylic acids is 2. The second-order valence-electron chi connectivity index (χ2n) is 10.5. The van der Waals surface area contributed by atoms with Gasteiger partial charge in [0.25, 0.3) is 5.91 Å². The number of ether oxygens (including phenoxy) is 3. The normalized spacial score (nSPS) is 16.1. The second-order valence-corrected chi connectivity index (χ2v) is 12.2. The Morgan fingerprint density at radius 2 is 1.77 bits per heavy atom. The highest BCUT2D eigenvalue weighted by Gasteiger charge is 2.32. The number of morpholine rings is 1. The van der Waals surface area contributed by atoms with Crippen LogP contribution in [0, 0.1) is 11.6 Å². The molecule has 0 radical (unpaired) electrons. The number of carboxylic acids is 1. The van der Waals surface area contributed by atoms with Gasteiger partial charge in [-0.1, -0.05) is 36.1 Å². The first-order chi connectivity index (χ1) is 22.6. The highest BCUT2D eigenvalue weighted by Crippen LogP contribution is 2.36. The van der Waals surface area contributed by atoms with E-state index in [-0.39, 0.29) is 34.3 Å². The van der Waals surface area contributed by atoms with Crippen molar-refractivity contribution in [3.05, 3.63) is 82.3 Å². The zero-order valence-electron chi connectivity index (χ0n) is 25.3. The van der Waals surface area contributed by atoms with Crippen molar-refractivity contribution in [2.75, 3.05) is 58.4 Å². The van der Waals surface area contributed by atoms with E-state index >= 15 is 0 Å². The monoisotopic (exact) mass is 683 g/mol. The first-order valence-electron chi connectivity index (χ1n) is 14.6. The molecule has 0 saturated carbocycles. The first-order valence-corrected chi connectivity index (χ1v) is 15.8. The van der Waals surface area contributed by atoms with Gasteiger partial charge in [0.1, 0.15) is 22.4 Å². The quantitative estimate of drug-likeness (QED) is 0.193. The molecule has 3 aromatic rings. The van der Waals surface area contributed by atoms with E-state index in [2.05, 4.69) is 10.2 Å². The van der Waals surface area contributed by atoms with Gasteiger partial charge in [-0.05, 0) is 59.7 Å². The lowest BCUT2D eigenvalue weighted by Gasteiger charge is -2.26. The van der Waals surface area contributed by atoms with E-state index in [1.165, 1.54) is 36.3 Å². The minimum atomic E-state index is -1.13. The van der Waals surface area contributed by atoms with Crippen molar-refractivity contribution < 1.29 is 42.5 Å². The molecule has 10 nitrogen and oxygen atoms in total. The van der Waals surface area contributed by atoms with Gasteiger partial charge in [-0.25, -0.2) is 13.6 Å². The third-order valence-electron chi connectivity index (χ3n) is 7.48. The molecule has 0 atom stereocenters. The molecule has 0 bridgehead atoms. The SMILES string of the molecule is COc1cc(C(=O)O)ccc1NC(=O)CCN1C(=O)C(=Cc2cc(-c3ccc(F)c(F)c3)ccc2OCCN2CCOCC2)SC1=S. The Balaban J connectivity index is 1.31. The molecule has 14 heteroatoms. The number of hydrogen-bond acceptors (Lipinski definition) is 9. The van der Waals surface area contributed by atoms with Crippen LogP contribution in [0.5, 0.6) is 11.5 Å². The zero-order chi connectivity index (χ0) is 33.5. The molecular weight excluding hydrogens is 653 g/mol. The Kier molecular flexibility index (Phi) is 11.2. The maximum absolute atomic E-state index is 14.0. The summed E-state index contributed by atoms with van der Waals surface area (Å²) in [5.41, 5.74) is 1.88. The zero-order valence-corrected chi connectivity index (χ0v) is 26.9. The molecule has 2 fully saturated rings. The van der Waals surface area contributed by atoms with Crippen LogP contribution in [0.15, 0.2) is 59.5 Å². The van der Waals surface area contributed by atoms with Crippen LogP contribution in [-0.2, 0) is 14.3 Å². The van der Waals surface area contributed by atoms with E-state index in [1.54, 1.807) is 24.3 Å². The smallest absolute Gasteiger partial charge is 0.335 e. The predicted molar refractivity (Wildman–Crippen MR) is 178 cm³/mol. The van der Waals surface area contributed by atoms with Crippen molar-refractivity contribution in [1.29, 1.82) is 0 Å². The first kappa shape index (κ1) is 34.0.